The maximum absolute atomic E-state index is 16.7. The third kappa shape index (κ3) is 4.68. The second kappa shape index (κ2) is 11.0. The molecule has 0 saturated carbocycles. The van der Waals surface area contributed by atoms with Crippen molar-refractivity contribution in [1.82, 2.24) is 30.0 Å². The molecule has 1 unspecified atom stereocenters. The van der Waals surface area contributed by atoms with E-state index < -0.39 is 11.9 Å². The topological polar surface area (TPSA) is 124 Å². The number of hydrogen-bond acceptors (Lipinski definition) is 9. The van der Waals surface area contributed by atoms with Crippen molar-refractivity contribution in [3.05, 3.63) is 40.9 Å². The molecule has 0 bridgehead atoms. The summed E-state index contributed by atoms with van der Waals surface area (Å²) in [5.41, 5.74) is 1.70. The summed E-state index contributed by atoms with van der Waals surface area (Å²) in [7, 11) is 0. The quantitative estimate of drug-likeness (QED) is 0.287. The van der Waals surface area contributed by atoms with E-state index in [1.165, 1.54) is 6.08 Å². The Hall–Kier alpha value is -3.38. The molecule has 1 atom stereocenters. The van der Waals surface area contributed by atoms with E-state index in [0.717, 1.165) is 45.2 Å². The number of ether oxygens (including phenoxy) is 1. The molecule has 7 rings (SSSR count). The molecule has 0 aliphatic carbocycles. The normalized spacial score (nSPS) is 20.8. The van der Waals surface area contributed by atoms with Crippen LogP contribution in [0.3, 0.4) is 0 Å². The number of pyridine rings is 1. The monoisotopic (exact) mass is 593 g/mol. The fraction of sp³-hybridized carbons (Fsp3) is 0.467. The van der Waals surface area contributed by atoms with Gasteiger partial charge in [-0.25, -0.2) is 4.39 Å². The molecule has 10 nitrogen and oxygen atoms in total. The van der Waals surface area contributed by atoms with Crippen LogP contribution in [-0.2, 0) is 0 Å². The molecule has 3 fully saturated rings. The lowest BCUT2D eigenvalue weighted by atomic mass is 9.95. The molecule has 3 aromatic heterocycles. The van der Waals surface area contributed by atoms with Gasteiger partial charge in [0, 0.05) is 35.8 Å². The van der Waals surface area contributed by atoms with Crippen LogP contribution in [0.15, 0.2) is 24.5 Å². The summed E-state index contributed by atoms with van der Waals surface area (Å²) in [4.78, 5) is 18.4. The van der Waals surface area contributed by atoms with E-state index in [0.29, 0.717) is 64.4 Å². The van der Waals surface area contributed by atoms with Crippen LogP contribution in [0.4, 0.5) is 10.2 Å². The van der Waals surface area contributed by atoms with E-state index in [4.69, 9.17) is 21.3 Å². The average molecular weight is 594 g/mol. The number of rotatable bonds is 7. The van der Waals surface area contributed by atoms with Crippen LogP contribution < -0.4 is 9.64 Å². The third-order valence-corrected chi connectivity index (χ3v) is 9.30. The summed E-state index contributed by atoms with van der Waals surface area (Å²) in [5.74, 6) is -0.137. The summed E-state index contributed by atoms with van der Waals surface area (Å²) in [6, 6.07) is 1.83. The third-order valence-electron chi connectivity index (χ3n) is 8.98. The molecule has 0 amide bonds. The first kappa shape index (κ1) is 27.5. The molecule has 220 valence electrons. The molecule has 3 N–H and O–H groups in total. The predicted molar refractivity (Wildman–Crippen MR) is 159 cm³/mol. The second-order valence-electron chi connectivity index (χ2n) is 11.5. The van der Waals surface area contributed by atoms with Crippen LogP contribution in [0.2, 0.25) is 5.02 Å². The lowest BCUT2D eigenvalue weighted by Gasteiger charge is -2.33. The first-order chi connectivity index (χ1) is 20.5. The summed E-state index contributed by atoms with van der Waals surface area (Å²) in [5, 5.41) is 28.3. The molecule has 1 aromatic carbocycles. The van der Waals surface area contributed by atoms with E-state index >= 15 is 4.39 Å². The maximum atomic E-state index is 16.7. The largest absolute Gasteiger partial charge is 0.461 e. The molecule has 6 heterocycles. The standard InChI is InChI=1S/C30H33ClFN7O3/c31-22-13-23-20(15-34-37-23)24(19(22)6-2-12-40)27-25(32)26-21(14-33-27)28(38-9-1-5-18(41)16-38)36-29(35-26)42-17-30-7-3-10-39(30)11-4-8-30/h2,6,13-15,18,40-41H,1,3-5,7-12,16-17H2,(H,34,37)/b6-2-. The number of halogens is 2. The highest BCUT2D eigenvalue weighted by Gasteiger charge is 2.45. The zero-order chi connectivity index (χ0) is 28.8. The SMILES string of the molecule is OC/C=C\c1c(Cl)cc2[nH]ncc2c1-c1ncc2c(N3CCCC(O)C3)nc(OCC34CCCN3CCC4)nc2c1F. The number of aliphatic hydroxyl groups excluding tert-OH is 2. The molecule has 4 aromatic rings. The fourth-order valence-corrected chi connectivity index (χ4v) is 7.24. The number of β-amino-alcohol motifs (C(OH)–C–C–N with tert-alkyl or cyclic N) is 1. The highest BCUT2D eigenvalue weighted by atomic mass is 35.5. The van der Waals surface area contributed by atoms with E-state index in [2.05, 4.69) is 25.1 Å². The van der Waals surface area contributed by atoms with Gasteiger partial charge in [-0.05, 0) is 57.7 Å². The lowest BCUT2D eigenvalue weighted by molar-refractivity contribution is 0.107. The van der Waals surface area contributed by atoms with Gasteiger partial charge in [0.1, 0.15) is 23.6 Å². The number of H-pyrrole nitrogens is 1. The smallest absolute Gasteiger partial charge is 0.319 e. The number of piperidine rings is 1. The van der Waals surface area contributed by atoms with Crippen molar-refractivity contribution in [3.63, 3.8) is 0 Å². The van der Waals surface area contributed by atoms with Gasteiger partial charge in [-0.1, -0.05) is 23.8 Å². The van der Waals surface area contributed by atoms with Crippen molar-refractivity contribution in [2.75, 3.05) is 44.3 Å². The van der Waals surface area contributed by atoms with E-state index in [-0.39, 0.29) is 29.4 Å². The van der Waals surface area contributed by atoms with Gasteiger partial charge in [0.2, 0.25) is 0 Å². The molecule has 42 heavy (non-hydrogen) atoms. The average Bonchev–Trinajstić information content (AvgIpc) is 3.71. The molecular weight excluding hydrogens is 561 g/mol. The Labute approximate surface area is 247 Å². The Balaban J connectivity index is 1.38. The van der Waals surface area contributed by atoms with Gasteiger partial charge in [0.05, 0.1) is 40.4 Å². The predicted octanol–water partition coefficient (Wildman–Crippen LogP) is 4.33. The zero-order valence-corrected chi connectivity index (χ0v) is 23.9. The number of nitrogens with zero attached hydrogens (tertiary/aromatic N) is 6. The highest BCUT2D eigenvalue weighted by molar-refractivity contribution is 6.33. The van der Waals surface area contributed by atoms with Crippen molar-refractivity contribution in [1.29, 1.82) is 0 Å². The summed E-state index contributed by atoms with van der Waals surface area (Å²) in [6.45, 7) is 3.43. The summed E-state index contributed by atoms with van der Waals surface area (Å²) in [6.07, 6.45) is 11.8. The number of hydrogen-bond donors (Lipinski definition) is 3. The molecular formula is C30H33ClFN7O3. The van der Waals surface area contributed by atoms with Gasteiger partial charge in [-0.3, -0.25) is 15.0 Å². The van der Waals surface area contributed by atoms with Crippen molar-refractivity contribution >= 4 is 45.3 Å². The van der Waals surface area contributed by atoms with Gasteiger partial charge < -0.3 is 19.8 Å². The van der Waals surface area contributed by atoms with Crippen LogP contribution in [-0.4, -0.2) is 91.3 Å². The Morgan fingerprint density at radius 3 is 2.76 bits per heavy atom. The van der Waals surface area contributed by atoms with Crippen molar-refractivity contribution in [2.45, 2.75) is 50.2 Å². The molecule has 3 saturated heterocycles. The fourth-order valence-electron chi connectivity index (χ4n) is 6.97. The van der Waals surface area contributed by atoms with Crippen molar-refractivity contribution in [2.24, 2.45) is 0 Å². The molecule has 3 aliphatic rings. The van der Waals surface area contributed by atoms with Crippen molar-refractivity contribution in [3.8, 4) is 17.3 Å². The summed E-state index contributed by atoms with van der Waals surface area (Å²) < 4.78 is 23.1. The molecule has 0 spiro atoms. The molecule has 12 heteroatoms. The number of aromatic nitrogens is 5. The highest BCUT2D eigenvalue weighted by Crippen LogP contribution is 2.41. The number of aromatic amines is 1. The van der Waals surface area contributed by atoms with Gasteiger partial charge in [0.15, 0.2) is 5.82 Å². The van der Waals surface area contributed by atoms with Crippen LogP contribution in [0.25, 0.3) is 39.1 Å². The minimum atomic E-state index is -0.636. The van der Waals surface area contributed by atoms with Gasteiger partial charge in [-0.2, -0.15) is 15.1 Å². The maximum Gasteiger partial charge on any atom is 0.319 e. The number of anilines is 1. The van der Waals surface area contributed by atoms with Gasteiger partial charge >= 0.3 is 6.01 Å². The first-order valence-electron chi connectivity index (χ1n) is 14.6. The molecule has 3 aliphatic heterocycles. The van der Waals surface area contributed by atoms with Gasteiger partial charge in [0.25, 0.3) is 0 Å². The Morgan fingerprint density at radius 1 is 1.14 bits per heavy atom. The van der Waals surface area contributed by atoms with Crippen LogP contribution in [0.1, 0.15) is 44.1 Å². The minimum absolute atomic E-state index is 0.0244. The van der Waals surface area contributed by atoms with Gasteiger partial charge in [-0.15, -0.1) is 0 Å². The lowest BCUT2D eigenvalue weighted by Crippen LogP contribution is -2.43. The minimum Gasteiger partial charge on any atom is -0.461 e. The number of aliphatic hydroxyl groups is 2. The van der Waals surface area contributed by atoms with Crippen LogP contribution >= 0.6 is 11.6 Å². The Bertz CT molecular complexity index is 1670. The zero-order valence-electron chi connectivity index (χ0n) is 23.2. The summed E-state index contributed by atoms with van der Waals surface area (Å²) >= 11 is 6.62. The number of nitrogens with one attached hydrogen (secondary N) is 1. The van der Waals surface area contributed by atoms with E-state index in [1.807, 2.05) is 4.90 Å². The second-order valence-corrected chi connectivity index (χ2v) is 11.9. The van der Waals surface area contributed by atoms with Crippen LogP contribution in [0.5, 0.6) is 6.01 Å². The number of benzene rings is 1. The number of fused-ring (bicyclic) bond motifs is 3. The van der Waals surface area contributed by atoms with Crippen LogP contribution in [0, 0.1) is 5.82 Å². The van der Waals surface area contributed by atoms with E-state index in [1.54, 1.807) is 24.5 Å². The Morgan fingerprint density at radius 2 is 1.98 bits per heavy atom. The Kier molecular flexibility index (Phi) is 7.21. The molecule has 0 radical (unpaired) electrons. The van der Waals surface area contributed by atoms with Crippen molar-refractivity contribution < 1.29 is 19.3 Å². The first-order valence-corrected chi connectivity index (χ1v) is 15.0. The van der Waals surface area contributed by atoms with E-state index in [9.17, 15) is 10.2 Å².